The van der Waals surface area contributed by atoms with Crippen LogP contribution in [0.1, 0.15) is 16.1 Å². The average molecular weight is 354 g/mol. The van der Waals surface area contributed by atoms with Gasteiger partial charge in [-0.15, -0.1) is 0 Å². The third-order valence-electron chi connectivity index (χ3n) is 3.46. The molecule has 0 atom stereocenters. The lowest BCUT2D eigenvalue weighted by Gasteiger charge is -2.13. The van der Waals surface area contributed by atoms with Crippen molar-refractivity contribution >= 4 is 40.5 Å². The minimum Gasteiger partial charge on any atom is -0.365 e. The Morgan fingerprint density at radius 1 is 1.04 bits per heavy atom. The molecule has 2 heterocycles. The number of anilines is 4. The largest absolute Gasteiger partial charge is 0.365 e. The summed E-state index contributed by atoms with van der Waals surface area (Å²) in [6, 6.07) is 14.5. The van der Waals surface area contributed by atoms with Gasteiger partial charge in [0.05, 0.1) is 22.0 Å². The molecule has 0 radical (unpaired) electrons. The molecule has 7 heteroatoms. The molecule has 6 nitrogen and oxygen atoms in total. The van der Waals surface area contributed by atoms with Crippen molar-refractivity contribution < 1.29 is 4.79 Å². The first-order valence-corrected chi connectivity index (χ1v) is 7.93. The zero-order valence-electron chi connectivity index (χ0n) is 13.5. The zero-order chi connectivity index (χ0) is 17.8. The number of hydrogen-bond donors (Lipinski definition) is 3. The van der Waals surface area contributed by atoms with Crippen molar-refractivity contribution in [3.63, 3.8) is 0 Å². The highest BCUT2D eigenvalue weighted by Crippen LogP contribution is 2.28. The summed E-state index contributed by atoms with van der Waals surface area (Å²) in [5.74, 6) is 0.600. The molecular weight excluding hydrogens is 338 g/mol. The van der Waals surface area contributed by atoms with E-state index in [1.165, 1.54) is 6.20 Å². The highest BCUT2D eigenvalue weighted by molar-refractivity contribution is 6.33. The van der Waals surface area contributed by atoms with Gasteiger partial charge in [0, 0.05) is 18.0 Å². The lowest BCUT2D eigenvalue weighted by atomic mass is 10.2. The quantitative estimate of drug-likeness (QED) is 0.644. The first kappa shape index (κ1) is 16.7. The van der Waals surface area contributed by atoms with Gasteiger partial charge in [-0.1, -0.05) is 29.8 Å². The maximum atomic E-state index is 11.7. The fourth-order valence-electron chi connectivity index (χ4n) is 2.28. The molecule has 126 valence electrons. The molecule has 1 aromatic carbocycles. The van der Waals surface area contributed by atoms with Crippen LogP contribution in [0.15, 0.2) is 54.7 Å². The summed E-state index contributed by atoms with van der Waals surface area (Å²) in [6.45, 7) is 1.90. The van der Waals surface area contributed by atoms with Crippen LogP contribution in [0.2, 0.25) is 5.02 Å². The topological polar surface area (TPSA) is 92.9 Å². The number of aromatic nitrogens is 2. The molecule has 0 aliphatic carbocycles. The number of nitrogens with zero attached hydrogens (tertiary/aromatic N) is 2. The standard InChI is InChI=1S/C18H16ClN5O/c1-11-5-4-8-16(22-11)24-17-9-15(12(10-21-17)18(20)25)23-14-7-3-2-6-13(14)19/h2-10H,1H3,(H2,20,25)(H2,21,22,23,24). The van der Waals surface area contributed by atoms with Gasteiger partial charge in [-0.05, 0) is 31.2 Å². The fraction of sp³-hybridized carbons (Fsp3) is 0.0556. The Morgan fingerprint density at radius 2 is 1.84 bits per heavy atom. The van der Waals surface area contributed by atoms with Gasteiger partial charge >= 0.3 is 0 Å². The minimum absolute atomic E-state index is 0.266. The average Bonchev–Trinajstić information content (AvgIpc) is 2.57. The lowest BCUT2D eigenvalue weighted by molar-refractivity contribution is 0.100. The number of primary amides is 1. The number of halogens is 1. The number of para-hydroxylation sites is 1. The second kappa shape index (κ2) is 7.19. The van der Waals surface area contributed by atoms with Gasteiger partial charge in [-0.25, -0.2) is 9.97 Å². The Labute approximate surface area is 150 Å². The van der Waals surface area contributed by atoms with Crippen molar-refractivity contribution in [1.29, 1.82) is 0 Å². The van der Waals surface area contributed by atoms with Gasteiger partial charge in [0.25, 0.3) is 5.91 Å². The van der Waals surface area contributed by atoms with Crippen LogP contribution >= 0.6 is 11.6 Å². The maximum Gasteiger partial charge on any atom is 0.252 e. The van der Waals surface area contributed by atoms with Gasteiger partial charge < -0.3 is 16.4 Å². The summed E-state index contributed by atoms with van der Waals surface area (Å²) in [4.78, 5) is 20.3. The van der Waals surface area contributed by atoms with Gasteiger partial charge in [0.1, 0.15) is 11.6 Å². The highest BCUT2D eigenvalue weighted by Gasteiger charge is 2.12. The Kier molecular flexibility index (Phi) is 4.81. The number of amides is 1. The third kappa shape index (κ3) is 4.05. The highest BCUT2D eigenvalue weighted by atomic mass is 35.5. The number of carbonyl (C=O) groups is 1. The number of nitrogens with one attached hydrogen (secondary N) is 2. The van der Waals surface area contributed by atoms with Gasteiger partial charge in [-0.2, -0.15) is 0 Å². The van der Waals surface area contributed by atoms with Crippen LogP contribution in [0.5, 0.6) is 0 Å². The van der Waals surface area contributed by atoms with Crippen molar-refractivity contribution in [3.8, 4) is 0 Å². The van der Waals surface area contributed by atoms with Crippen molar-refractivity contribution in [2.45, 2.75) is 6.92 Å². The molecule has 0 bridgehead atoms. The monoisotopic (exact) mass is 353 g/mol. The zero-order valence-corrected chi connectivity index (χ0v) is 14.2. The van der Waals surface area contributed by atoms with Gasteiger partial charge in [-0.3, -0.25) is 4.79 Å². The smallest absolute Gasteiger partial charge is 0.252 e. The molecule has 3 rings (SSSR count). The molecule has 4 N–H and O–H groups in total. The van der Waals surface area contributed by atoms with E-state index in [4.69, 9.17) is 17.3 Å². The molecule has 0 fully saturated rings. The molecule has 0 spiro atoms. The molecule has 0 saturated heterocycles. The Morgan fingerprint density at radius 3 is 2.56 bits per heavy atom. The van der Waals surface area contributed by atoms with E-state index < -0.39 is 5.91 Å². The second-order valence-electron chi connectivity index (χ2n) is 5.37. The Hall–Kier alpha value is -3.12. The molecule has 0 saturated carbocycles. The second-order valence-corrected chi connectivity index (χ2v) is 5.78. The summed E-state index contributed by atoms with van der Waals surface area (Å²) in [5.41, 5.74) is 7.76. The predicted molar refractivity (Wildman–Crippen MR) is 99.7 cm³/mol. The van der Waals surface area contributed by atoms with E-state index in [9.17, 15) is 4.79 Å². The summed E-state index contributed by atoms with van der Waals surface area (Å²) < 4.78 is 0. The molecule has 0 aliphatic heterocycles. The molecule has 3 aromatic rings. The number of hydrogen-bond acceptors (Lipinski definition) is 5. The van der Waals surface area contributed by atoms with E-state index in [1.807, 2.05) is 43.3 Å². The van der Waals surface area contributed by atoms with Crippen LogP contribution in [0.25, 0.3) is 0 Å². The summed E-state index contributed by atoms with van der Waals surface area (Å²) in [5, 5.41) is 6.76. The van der Waals surface area contributed by atoms with E-state index in [-0.39, 0.29) is 5.56 Å². The SMILES string of the molecule is Cc1cccc(Nc2cc(Nc3ccccc3Cl)c(C(N)=O)cn2)n1. The van der Waals surface area contributed by atoms with Crippen molar-refractivity contribution in [2.75, 3.05) is 10.6 Å². The predicted octanol–water partition coefficient (Wildman–Crippen LogP) is 4.02. The molecule has 1 amide bonds. The molecule has 0 unspecified atom stereocenters. The number of pyridine rings is 2. The molecule has 0 aliphatic rings. The number of nitrogens with two attached hydrogens (primary N) is 1. The van der Waals surface area contributed by atoms with E-state index in [0.29, 0.717) is 28.0 Å². The van der Waals surface area contributed by atoms with E-state index in [2.05, 4.69) is 20.6 Å². The van der Waals surface area contributed by atoms with E-state index in [0.717, 1.165) is 5.69 Å². The summed E-state index contributed by atoms with van der Waals surface area (Å²) in [7, 11) is 0. The van der Waals surface area contributed by atoms with Crippen LogP contribution in [-0.4, -0.2) is 15.9 Å². The van der Waals surface area contributed by atoms with Crippen LogP contribution < -0.4 is 16.4 Å². The number of benzene rings is 1. The Bertz CT molecular complexity index is 929. The molecular formula is C18H16ClN5O. The molecule has 25 heavy (non-hydrogen) atoms. The van der Waals surface area contributed by atoms with Crippen LogP contribution in [0, 0.1) is 6.92 Å². The van der Waals surface area contributed by atoms with Crippen LogP contribution in [-0.2, 0) is 0 Å². The van der Waals surface area contributed by atoms with Gasteiger partial charge in [0.15, 0.2) is 0 Å². The maximum absolute atomic E-state index is 11.7. The summed E-state index contributed by atoms with van der Waals surface area (Å²) >= 11 is 6.17. The summed E-state index contributed by atoms with van der Waals surface area (Å²) in [6.07, 6.45) is 1.42. The molecule has 2 aromatic heterocycles. The number of aryl methyl sites for hydroxylation is 1. The fourth-order valence-corrected chi connectivity index (χ4v) is 2.46. The lowest BCUT2D eigenvalue weighted by Crippen LogP contribution is -2.14. The van der Waals surface area contributed by atoms with Crippen LogP contribution in [0.3, 0.4) is 0 Å². The number of rotatable bonds is 5. The normalized spacial score (nSPS) is 10.3. The first-order valence-electron chi connectivity index (χ1n) is 7.55. The number of carbonyl (C=O) groups excluding carboxylic acids is 1. The first-order chi connectivity index (χ1) is 12.0. The minimum atomic E-state index is -0.581. The van der Waals surface area contributed by atoms with Crippen molar-refractivity contribution in [1.82, 2.24) is 9.97 Å². The van der Waals surface area contributed by atoms with E-state index in [1.54, 1.807) is 12.1 Å². The Balaban J connectivity index is 1.94. The van der Waals surface area contributed by atoms with Gasteiger partial charge in [0.2, 0.25) is 0 Å². The van der Waals surface area contributed by atoms with Crippen LogP contribution in [0.4, 0.5) is 23.0 Å². The van der Waals surface area contributed by atoms with E-state index >= 15 is 0 Å². The third-order valence-corrected chi connectivity index (χ3v) is 3.79. The van der Waals surface area contributed by atoms with Crippen molar-refractivity contribution in [2.24, 2.45) is 5.73 Å². The van der Waals surface area contributed by atoms with Crippen molar-refractivity contribution in [3.05, 3.63) is 71.0 Å².